The summed E-state index contributed by atoms with van der Waals surface area (Å²) in [6, 6.07) is 10.6. The highest BCUT2D eigenvalue weighted by Crippen LogP contribution is 2.25. The van der Waals surface area contributed by atoms with Gasteiger partial charge in [0, 0.05) is 17.9 Å². The third-order valence-corrected chi connectivity index (χ3v) is 5.99. The van der Waals surface area contributed by atoms with E-state index in [1.54, 1.807) is 0 Å². The Morgan fingerprint density at radius 3 is 2.10 bits per heavy atom. The summed E-state index contributed by atoms with van der Waals surface area (Å²) in [6.07, 6.45) is 9.25. The lowest BCUT2D eigenvalue weighted by molar-refractivity contribution is -0.203. The first kappa shape index (κ1) is 22.9. The average molecular weight is 417 g/mol. The third-order valence-electron chi connectivity index (χ3n) is 5.99. The van der Waals surface area contributed by atoms with E-state index in [9.17, 15) is 8.78 Å². The Morgan fingerprint density at radius 2 is 1.47 bits per heavy atom. The minimum atomic E-state index is -0.514. The summed E-state index contributed by atoms with van der Waals surface area (Å²) in [4.78, 5) is 0. The van der Waals surface area contributed by atoms with E-state index in [4.69, 9.17) is 9.47 Å². The standard InChI is InChI=1S/C26H34F2O2/c1-3-4-5-6-7-8-21-17-29-26(30-18-21)14-11-20-9-12-22(13-10-20)23-15-24(27)19(2)25(28)16-23/h9-10,12-13,15-16,21,26H,3-8,11,14,17-18H2,1-2H3. The van der Waals surface area contributed by atoms with Crippen LogP contribution in [-0.2, 0) is 15.9 Å². The van der Waals surface area contributed by atoms with Crippen LogP contribution in [0.2, 0.25) is 0 Å². The van der Waals surface area contributed by atoms with E-state index >= 15 is 0 Å². The second kappa shape index (κ2) is 11.6. The van der Waals surface area contributed by atoms with Gasteiger partial charge in [-0.1, -0.05) is 63.3 Å². The maximum atomic E-state index is 13.8. The first-order valence-corrected chi connectivity index (χ1v) is 11.3. The lowest BCUT2D eigenvalue weighted by atomic mass is 10.00. The summed E-state index contributed by atoms with van der Waals surface area (Å²) in [5.41, 5.74) is 2.59. The molecule has 0 spiro atoms. The van der Waals surface area contributed by atoms with Crippen LogP contribution in [0.25, 0.3) is 11.1 Å². The minimum absolute atomic E-state index is 0.0570. The van der Waals surface area contributed by atoms with Crippen LogP contribution in [-0.4, -0.2) is 19.5 Å². The summed E-state index contributed by atoms with van der Waals surface area (Å²) >= 11 is 0. The van der Waals surface area contributed by atoms with Gasteiger partial charge in [0.05, 0.1) is 13.2 Å². The number of hydrogen-bond acceptors (Lipinski definition) is 2. The van der Waals surface area contributed by atoms with Gasteiger partial charge in [-0.05, 0) is 48.6 Å². The van der Waals surface area contributed by atoms with Crippen LogP contribution in [0, 0.1) is 24.5 Å². The molecule has 1 fully saturated rings. The Hall–Kier alpha value is -1.78. The first-order valence-electron chi connectivity index (χ1n) is 11.3. The van der Waals surface area contributed by atoms with Gasteiger partial charge < -0.3 is 9.47 Å². The molecule has 1 aliphatic rings. The first-order chi connectivity index (χ1) is 14.6. The van der Waals surface area contributed by atoms with Crippen molar-refractivity contribution >= 4 is 0 Å². The molecule has 0 amide bonds. The summed E-state index contributed by atoms with van der Waals surface area (Å²) in [5, 5.41) is 0. The van der Waals surface area contributed by atoms with Crippen LogP contribution in [0.4, 0.5) is 8.78 Å². The average Bonchev–Trinajstić information content (AvgIpc) is 2.77. The van der Waals surface area contributed by atoms with E-state index in [1.807, 2.05) is 24.3 Å². The monoisotopic (exact) mass is 416 g/mol. The highest BCUT2D eigenvalue weighted by Gasteiger charge is 2.21. The quantitative estimate of drug-likeness (QED) is 0.381. The molecule has 0 atom stereocenters. The summed E-state index contributed by atoms with van der Waals surface area (Å²) in [5.74, 6) is -0.502. The van der Waals surface area contributed by atoms with Crippen LogP contribution in [0.15, 0.2) is 36.4 Å². The number of halogens is 2. The number of unbranched alkanes of at least 4 members (excludes halogenated alkanes) is 4. The number of ether oxygens (including phenoxy) is 2. The molecule has 2 aromatic carbocycles. The van der Waals surface area contributed by atoms with Gasteiger partial charge in [-0.25, -0.2) is 8.78 Å². The minimum Gasteiger partial charge on any atom is -0.352 e. The highest BCUT2D eigenvalue weighted by atomic mass is 19.1. The zero-order valence-electron chi connectivity index (χ0n) is 18.3. The summed E-state index contributed by atoms with van der Waals surface area (Å²) in [7, 11) is 0. The molecule has 1 aliphatic heterocycles. The molecule has 0 saturated carbocycles. The Bertz CT molecular complexity index is 757. The van der Waals surface area contributed by atoms with Crippen molar-refractivity contribution in [3.05, 3.63) is 59.2 Å². The molecular formula is C26H34F2O2. The van der Waals surface area contributed by atoms with Crippen LogP contribution >= 0.6 is 0 Å². The van der Waals surface area contributed by atoms with E-state index in [0.29, 0.717) is 11.5 Å². The molecule has 4 heteroatoms. The van der Waals surface area contributed by atoms with Gasteiger partial charge in [0.1, 0.15) is 11.6 Å². The Balaban J connectivity index is 1.41. The second-order valence-electron chi connectivity index (χ2n) is 8.47. The van der Waals surface area contributed by atoms with E-state index in [0.717, 1.165) is 37.2 Å². The molecule has 1 heterocycles. The van der Waals surface area contributed by atoms with Crippen molar-refractivity contribution in [3.8, 4) is 11.1 Å². The van der Waals surface area contributed by atoms with Crippen LogP contribution in [0.3, 0.4) is 0 Å². The predicted molar refractivity (Wildman–Crippen MR) is 117 cm³/mol. The number of hydrogen-bond donors (Lipinski definition) is 0. The van der Waals surface area contributed by atoms with Crippen molar-refractivity contribution in [1.82, 2.24) is 0 Å². The Labute approximate surface area is 179 Å². The van der Waals surface area contributed by atoms with E-state index in [1.165, 1.54) is 57.6 Å². The molecule has 0 bridgehead atoms. The highest BCUT2D eigenvalue weighted by molar-refractivity contribution is 5.64. The van der Waals surface area contributed by atoms with E-state index in [-0.39, 0.29) is 11.9 Å². The number of rotatable bonds is 10. The molecule has 2 aromatic rings. The molecular weight excluding hydrogens is 382 g/mol. The largest absolute Gasteiger partial charge is 0.352 e. The van der Waals surface area contributed by atoms with Gasteiger partial charge in [-0.3, -0.25) is 0 Å². The van der Waals surface area contributed by atoms with Crippen molar-refractivity contribution in [1.29, 1.82) is 0 Å². The third kappa shape index (κ3) is 6.61. The number of aryl methyl sites for hydroxylation is 1. The van der Waals surface area contributed by atoms with Crippen LogP contribution < -0.4 is 0 Å². The molecule has 0 unspecified atom stereocenters. The van der Waals surface area contributed by atoms with E-state index < -0.39 is 11.6 Å². The fourth-order valence-electron chi connectivity index (χ4n) is 3.91. The van der Waals surface area contributed by atoms with Gasteiger partial charge in [0.2, 0.25) is 0 Å². The fourth-order valence-corrected chi connectivity index (χ4v) is 3.91. The molecule has 0 radical (unpaired) electrons. The van der Waals surface area contributed by atoms with Gasteiger partial charge in [0.15, 0.2) is 6.29 Å². The van der Waals surface area contributed by atoms with Gasteiger partial charge in [-0.2, -0.15) is 0 Å². The van der Waals surface area contributed by atoms with Crippen molar-refractivity contribution < 1.29 is 18.3 Å². The lowest BCUT2D eigenvalue weighted by Gasteiger charge is -2.29. The maximum Gasteiger partial charge on any atom is 0.157 e. The molecule has 1 saturated heterocycles. The smallest absolute Gasteiger partial charge is 0.157 e. The predicted octanol–water partition coefficient (Wildman–Crippen LogP) is 7.22. The topological polar surface area (TPSA) is 18.5 Å². The molecule has 164 valence electrons. The summed E-state index contributed by atoms with van der Waals surface area (Å²) in [6.45, 7) is 5.27. The van der Waals surface area contributed by atoms with E-state index in [2.05, 4.69) is 6.92 Å². The normalized spacial score (nSPS) is 19.2. The molecule has 0 aromatic heterocycles. The molecule has 2 nitrogen and oxygen atoms in total. The van der Waals surface area contributed by atoms with Crippen LogP contribution in [0.1, 0.15) is 63.0 Å². The van der Waals surface area contributed by atoms with Gasteiger partial charge in [0.25, 0.3) is 0 Å². The molecule has 30 heavy (non-hydrogen) atoms. The van der Waals surface area contributed by atoms with Gasteiger partial charge in [-0.15, -0.1) is 0 Å². The molecule has 0 N–H and O–H groups in total. The fraction of sp³-hybridized carbons (Fsp3) is 0.538. The van der Waals surface area contributed by atoms with Crippen molar-refractivity contribution in [2.24, 2.45) is 5.92 Å². The lowest BCUT2D eigenvalue weighted by Crippen LogP contribution is -2.32. The van der Waals surface area contributed by atoms with Crippen molar-refractivity contribution in [3.63, 3.8) is 0 Å². The SMILES string of the molecule is CCCCCCCC1COC(CCc2ccc(-c3cc(F)c(C)c(F)c3)cc2)OC1. The Morgan fingerprint density at radius 1 is 0.833 bits per heavy atom. The number of benzene rings is 2. The zero-order chi connectivity index (χ0) is 21.3. The molecule has 0 aliphatic carbocycles. The zero-order valence-corrected chi connectivity index (χ0v) is 18.3. The summed E-state index contributed by atoms with van der Waals surface area (Å²) < 4.78 is 39.4. The second-order valence-corrected chi connectivity index (χ2v) is 8.47. The molecule has 3 rings (SSSR count). The maximum absolute atomic E-state index is 13.8. The van der Waals surface area contributed by atoms with Gasteiger partial charge >= 0.3 is 0 Å². The van der Waals surface area contributed by atoms with Crippen molar-refractivity contribution in [2.45, 2.75) is 71.5 Å². The van der Waals surface area contributed by atoms with Crippen LogP contribution in [0.5, 0.6) is 0 Å². The van der Waals surface area contributed by atoms with Crippen molar-refractivity contribution in [2.75, 3.05) is 13.2 Å². The Kier molecular flexibility index (Phi) is 8.83.